The van der Waals surface area contributed by atoms with E-state index in [0.29, 0.717) is 36.0 Å². The van der Waals surface area contributed by atoms with Gasteiger partial charge in [0.2, 0.25) is 0 Å². The van der Waals surface area contributed by atoms with Crippen molar-refractivity contribution < 1.29 is 9.53 Å². The van der Waals surface area contributed by atoms with E-state index >= 15 is 0 Å². The lowest BCUT2D eigenvalue weighted by atomic mass is 10.2. The number of carbonyl (C=O) groups excluding carboxylic acids is 1. The number of carbonyl (C=O) groups is 1. The van der Waals surface area contributed by atoms with Crippen LogP contribution in [0.25, 0.3) is 0 Å². The molecule has 140 valence electrons. The summed E-state index contributed by atoms with van der Waals surface area (Å²) in [5, 5.41) is 28.9. The van der Waals surface area contributed by atoms with Gasteiger partial charge in [-0.1, -0.05) is 0 Å². The van der Waals surface area contributed by atoms with Crippen LogP contribution in [-0.4, -0.2) is 60.5 Å². The molecule has 0 saturated carbocycles. The molecule has 10 nitrogen and oxygen atoms in total. The highest BCUT2D eigenvalue weighted by atomic mass is 16.5. The highest BCUT2D eigenvalue weighted by molar-refractivity contribution is 5.97. The lowest BCUT2D eigenvalue weighted by Gasteiger charge is -2.24. The Labute approximate surface area is 156 Å². The summed E-state index contributed by atoms with van der Waals surface area (Å²) in [4.78, 5) is 16.2. The third-order valence-electron chi connectivity index (χ3n) is 3.91. The van der Waals surface area contributed by atoms with Gasteiger partial charge >= 0.3 is 0 Å². The summed E-state index contributed by atoms with van der Waals surface area (Å²) in [6.07, 6.45) is 1.46. The fourth-order valence-corrected chi connectivity index (χ4v) is 2.51. The minimum atomic E-state index is -0.337. The van der Waals surface area contributed by atoms with Crippen LogP contribution in [0, 0.1) is 11.3 Å². The number of hydrogen-bond donors (Lipinski definition) is 4. The van der Waals surface area contributed by atoms with E-state index in [4.69, 9.17) is 10.00 Å². The number of pyridine rings is 1. The van der Waals surface area contributed by atoms with Crippen molar-refractivity contribution in [3.05, 3.63) is 35.7 Å². The van der Waals surface area contributed by atoms with Crippen molar-refractivity contribution in [3.63, 3.8) is 0 Å². The average Bonchev–Trinajstić information content (AvgIpc) is 2.73. The van der Waals surface area contributed by atoms with Crippen molar-refractivity contribution in [1.82, 2.24) is 25.8 Å². The number of aromatic nitrogens is 3. The largest absolute Gasteiger partial charge is 0.380 e. The molecule has 0 bridgehead atoms. The minimum absolute atomic E-state index is 0.000977. The summed E-state index contributed by atoms with van der Waals surface area (Å²) in [5.74, 6) is 0.600. The molecular weight excluding hydrogens is 348 g/mol. The van der Waals surface area contributed by atoms with E-state index in [0.717, 1.165) is 13.1 Å². The van der Waals surface area contributed by atoms with Gasteiger partial charge in [0.1, 0.15) is 11.9 Å². The molecule has 0 spiro atoms. The number of nitrogens with zero attached hydrogens (tertiary/aromatic N) is 4. The van der Waals surface area contributed by atoms with Gasteiger partial charge < -0.3 is 26.0 Å². The third kappa shape index (κ3) is 4.87. The van der Waals surface area contributed by atoms with E-state index in [1.165, 1.54) is 13.2 Å². The first kappa shape index (κ1) is 18.5. The summed E-state index contributed by atoms with van der Waals surface area (Å²) in [6.45, 7) is 2.75. The number of hydrogen-bond acceptors (Lipinski definition) is 9. The summed E-state index contributed by atoms with van der Waals surface area (Å²) in [7, 11) is 1.54. The normalized spacial score (nSPS) is 16.2. The average molecular weight is 368 g/mol. The Morgan fingerprint density at radius 1 is 1.41 bits per heavy atom. The molecule has 1 fully saturated rings. The predicted molar refractivity (Wildman–Crippen MR) is 98.8 cm³/mol. The van der Waals surface area contributed by atoms with Gasteiger partial charge in [-0.2, -0.15) is 5.26 Å². The quantitative estimate of drug-likeness (QED) is 0.565. The number of anilines is 3. The summed E-state index contributed by atoms with van der Waals surface area (Å²) >= 11 is 0. The Morgan fingerprint density at radius 2 is 2.30 bits per heavy atom. The molecule has 27 heavy (non-hydrogen) atoms. The molecule has 3 heterocycles. The first-order chi connectivity index (χ1) is 13.2. The van der Waals surface area contributed by atoms with Crippen LogP contribution in [0.3, 0.4) is 0 Å². The summed E-state index contributed by atoms with van der Waals surface area (Å²) in [5.41, 5.74) is 1.19. The van der Waals surface area contributed by atoms with E-state index in [9.17, 15) is 4.79 Å². The number of rotatable bonds is 6. The van der Waals surface area contributed by atoms with E-state index in [-0.39, 0.29) is 17.7 Å². The Kier molecular flexibility index (Phi) is 6.09. The molecule has 0 aromatic carbocycles. The van der Waals surface area contributed by atoms with E-state index in [1.54, 1.807) is 18.2 Å². The highest BCUT2D eigenvalue weighted by Crippen LogP contribution is 2.19. The first-order valence-electron chi connectivity index (χ1n) is 8.48. The van der Waals surface area contributed by atoms with Crippen molar-refractivity contribution in [2.45, 2.75) is 6.10 Å². The van der Waals surface area contributed by atoms with Crippen molar-refractivity contribution in [1.29, 1.82) is 5.26 Å². The van der Waals surface area contributed by atoms with Crippen molar-refractivity contribution in [3.8, 4) is 6.07 Å². The molecule has 1 amide bonds. The second-order valence-corrected chi connectivity index (χ2v) is 5.82. The molecule has 10 heteroatoms. The van der Waals surface area contributed by atoms with E-state index < -0.39 is 0 Å². The zero-order valence-electron chi connectivity index (χ0n) is 14.8. The topological polar surface area (TPSA) is 137 Å². The molecular formula is C17H20N8O2. The van der Waals surface area contributed by atoms with Crippen LogP contribution >= 0.6 is 0 Å². The Balaban J connectivity index is 1.76. The Hall–Kier alpha value is -3.29. The van der Waals surface area contributed by atoms with Crippen molar-refractivity contribution in [2.24, 2.45) is 0 Å². The predicted octanol–water partition coefficient (Wildman–Crippen LogP) is 0.247. The SMILES string of the molecule is CNC(=O)c1nnc(Nc2ccc(C#N)cn2)cc1NC[C@@H]1CNCCO1. The van der Waals surface area contributed by atoms with Gasteiger partial charge in [-0.25, -0.2) is 4.98 Å². The van der Waals surface area contributed by atoms with Gasteiger partial charge in [-0.05, 0) is 12.1 Å². The van der Waals surface area contributed by atoms with Crippen LogP contribution in [0.15, 0.2) is 24.4 Å². The fraction of sp³-hybridized carbons (Fsp3) is 0.353. The number of ether oxygens (including phenoxy) is 1. The van der Waals surface area contributed by atoms with Crippen LogP contribution in [0.1, 0.15) is 16.1 Å². The minimum Gasteiger partial charge on any atom is -0.380 e. The van der Waals surface area contributed by atoms with Crippen molar-refractivity contribution in [2.75, 3.05) is 43.9 Å². The molecule has 0 aliphatic carbocycles. The van der Waals surface area contributed by atoms with Crippen LogP contribution in [0.5, 0.6) is 0 Å². The molecule has 1 aliphatic heterocycles. The molecule has 1 aliphatic rings. The monoisotopic (exact) mass is 368 g/mol. The number of morpholine rings is 1. The lowest BCUT2D eigenvalue weighted by molar-refractivity contribution is 0.0372. The third-order valence-corrected chi connectivity index (χ3v) is 3.91. The smallest absolute Gasteiger partial charge is 0.273 e. The van der Waals surface area contributed by atoms with Gasteiger partial charge in [0, 0.05) is 38.9 Å². The van der Waals surface area contributed by atoms with Crippen molar-refractivity contribution >= 4 is 23.2 Å². The zero-order chi connectivity index (χ0) is 19.1. The maximum Gasteiger partial charge on any atom is 0.273 e. The van der Waals surface area contributed by atoms with Crippen LogP contribution in [0.2, 0.25) is 0 Å². The van der Waals surface area contributed by atoms with Gasteiger partial charge in [-0.3, -0.25) is 4.79 Å². The lowest BCUT2D eigenvalue weighted by Crippen LogP contribution is -2.42. The zero-order valence-corrected chi connectivity index (χ0v) is 14.8. The maximum atomic E-state index is 12.1. The van der Waals surface area contributed by atoms with E-state index in [1.807, 2.05) is 6.07 Å². The van der Waals surface area contributed by atoms with Crippen LogP contribution in [0.4, 0.5) is 17.3 Å². The molecule has 4 N–H and O–H groups in total. The second kappa shape index (κ2) is 8.88. The fourth-order valence-electron chi connectivity index (χ4n) is 2.51. The Morgan fingerprint density at radius 3 is 2.96 bits per heavy atom. The maximum absolute atomic E-state index is 12.1. The molecule has 2 aromatic heterocycles. The molecule has 1 atom stereocenters. The molecule has 3 rings (SSSR count). The van der Waals surface area contributed by atoms with Crippen LogP contribution in [-0.2, 0) is 4.74 Å². The number of nitriles is 1. The highest BCUT2D eigenvalue weighted by Gasteiger charge is 2.17. The molecule has 0 unspecified atom stereocenters. The second-order valence-electron chi connectivity index (χ2n) is 5.82. The van der Waals surface area contributed by atoms with Gasteiger partial charge in [-0.15, -0.1) is 10.2 Å². The molecule has 0 radical (unpaired) electrons. The number of amides is 1. The molecule has 2 aromatic rings. The summed E-state index contributed by atoms with van der Waals surface area (Å²) in [6, 6.07) is 7.02. The van der Waals surface area contributed by atoms with Gasteiger partial charge in [0.15, 0.2) is 11.5 Å². The standard InChI is InChI=1S/C17H20N8O2/c1-19-17(26)16-13(21-10-12-9-20-4-5-27-12)6-15(24-25-16)23-14-3-2-11(7-18)8-22-14/h2-3,6,8,12,20H,4-5,9-10H2,1H3,(H,19,26)(H2,21,22,23,24)/t12-/m0/s1. The summed E-state index contributed by atoms with van der Waals surface area (Å²) < 4.78 is 5.66. The van der Waals surface area contributed by atoms with Crippen LogP contribution < -0.4 is 21.3 Å². The molecule has 1 saturated heterocycles. The Bertz CT molecular complexity index is 828. The van der Waals surface area contributed by atoms with Gasteiger partial charge in [0.05, 0.1) is 24.0 Å². The number of nitrogens with one attached hydrogen (secondary N) is 4. The first-order valence-corrected chi connectivity index (χ1v) is 8.48. The van der Waals surface area contributed by atoms with Gasteiger partial charge in [0.25, 0.3) is 5.91 Å². The van der Waals surface area contributed by atoms with E-state index in [2.05, 4.69) is 36.4 Å².